The fourth-order valence-corrected chi connectivity index (χ4v) is 5.75. The molecule has 0 radical (unpaired) electrons. The number of piperidine rings is 1. The summed E-state index contributed by atoms with van der Waals surface area (Å²) in [5.41, 5.74) is 3.46. The minimum Gasteiger partial charge on any atom is -0.508 e. The van der Waals surface area contributed by atoms with Crippen LogP contribution in [-0.4, -0.2) is 64.7 Å². The molecule has 0 aromatic heterocycles. The maximum Gasteiger partial charge on any atom is 0.237 e. The maximum atomic E-state index is 13.4. The molecule has 1 amide bonds. The fourth-order valence-electron chi connectivity index (χ4n) is 5.75. The van der Waals surface area contributed by atoms with Crippen molar-refractivity contribution in [2.75, 3.05) is 26.7 Å². The van der Waals surface area contributed by atoms with Crippen LogP contribution in [0.15, 0.2) is 42.5 Å². The fraction of sp³-hybridized carbons (Fsp3) is 0.552. The minimum absolute atomic E-state index is 0.0262. The van der Waals surface area contributed by atoms with Crippen molar-refractivity contribution in [2.24, 2.45) is 11.8 Å². The van der Waals surface area contributed by atoms with Gasteiger partial charge in [-0.3, -0.25) is 9.69 Å². The summed E-state index contributed by atoms with van der Waals surface area (Å²) in [4.78, 5) is 18.0. The van der Waals surface area contributed by atoms with Crippen LogP contribution in [-0.2, 0) is 23.2 Å². The Bertz CT molecular complexity index is 1060. The van der Waals surface area contributed by atoms with E-state index in [0.29, 0.717) is 30.6 Å². The summed E-state index contributed by atoms with van der Waals surface area (Å²) in [5, 5.41) is 23.2. The molecule has 1 unspecified atom stereocenters. The van der Waals surface area contributed by atoms with Gasteiger partial charge in [0.2, 0.25) is 5.91 Å². The summed E-state index contributed by atoms with van der Waals surface area (Å²) in [6.07, 6.45) is 1.68. The summed E-state index contributed by atoms with van der Waals surface area (Å²) in [6.45, 7) is 12.4. The monoisotopic (exact) mass is 479 g/mol. The molecule has 0 spiro atoms. The average molecular weight is 480 g/mol. The Morgan fingerprint density at radius 2 is 1.89 bits per heavy atom. The predicted molar refractivity (Wildman–Crippen MR) is 140 cm³/mol. The van der Waals surface area contributed by atoms with Crippen molar-refractivity contribution in [3.8, 4) is 11.5 Å². The Balaban J connectivity index is 1.39. The van der Waals surface area contributed by atoms with Crippen LogP contribution in [0.4, 0.5) is 0 Å². The number of hydrogen-bond acceptors (Lipinski definition) is 5. The van der Waals surface area contributed by atoms with Gasteiger partial charge in [-0.25, -0.2) is 0 Å². The molecular formula is C29H41N3O3. The van der Waals surface area contributed by atoms with Gasteiger partial charge in [0.15, 0.2) is 0 Å². The van der Waals surface area contributed by atoms with Crippen molar-refractivity contribution in [2.45, 2.75) is 64.6 Å². The summed E-state index contributed by atoms with van der Waals surface area (Å²) in [7, 11) is 1.98. The van der Waals surface area contributed by atoms with Crippen molar-refractivity contribution in [1.82, 2.24) is 15.1 Å². The number of amides is 1. The number of rotatable bonds is 6. The van der Waals surface area contributed by atoms with Crippen LogP contribution in [0.3, 0.4) is 0 Å². The Kier molecular flexibility index (Phi) is 7.43. The van der Waals surface area contributed by atoms with Gasteiger partial charge >= 0.3 is 0 Å². The van der Waals surface area contributed by atoms with Crippen molar-refractivity contribution in [3.63, 3.8) is 0 Å². The highest BCUT2D eigenvalue weighted by molar-refractivity contribution is 5.82. The second-order valence-corrected chi connectivity index (χ2v) is 11.3. The molecule has 0 saturated carbocycles. The normalized spacial score (nSPS) is 26.3. The Morgan fingerprint density at radius 1 is 1.14 bits per heavy atom. The maximum absolute atomic E-state index is 13.4. The lowest BCUT2D eigenvalue weighted by molar-refractivity contribution is -0.127. The van der Waals surface area contributed by atoms with Gasteiger partial charge in [-0.2, -0.15) is 0 Å². The largest absolute Gasteiger partial charge is 0.508 e. The summed E-state index contributed by atoms with van der Waals surface area (Å²) in [6, 6.07) is 13.0. The number of likely N-dealkylation sites (tertiary alicyclic amines) is 1. The lowest BCUT2D eigenvalue weighted by atomic mass is 9.68. The molecule has 0 aliphatic carbocycles. The van der Waals surface area contributed by atoms with Crippen LogP contribution < -0.4 is 5.32 Å². The van der Waals surface area contributed by atoms with E-state index in [1.165, 1.54) is 5.56 Å². The van der Waals surface area contributed by atoms with E-state index in [2.05, 4.69) is 48.9 Å². The number of phenols is 2. The summed E-state index contributed by atoms with van der Waals surface area (Å²) >= 11 is 0. The van der Waals surface area contributed by atoms with E-state index in [9.17, 15) is 15.0 Å². The molecule has 3 N–H and O–H groups in total. The second kappa shape index (κ2) is 10.2. The molecule has 2 aliphatic heterocycles. The first-order valence-corrected chi connectivity index (χ1v) is 12.9. The lowest BCUT2D eigenvalue weighted by Gasteiger charge is -2.46. The zero-order chi connectivity index (χ0) is 25.3. The number of nitrogens with zero attached hydrogens (tertiary/aromatic N) is 2. The summed E-state index contributed by atoms with van der Waals surface area (Å²) < 4.78 is 0. The molecule has 4 atom stereocenters. The van der Waals surface area contributed by atoms with Gasteiger partial charge in [0.05, 0.1) is 6.04 Å². The van der Waals surface area contributed by atoms with E-state index < -0.39 is 0 Å². The lowest BCUT2D eigenvalue weighted by Crippen LogP contribution is -2.56. The number of aromatic hydroxyl groups is 2. The quantitative estimate of drug-likeness (QED) is 0.586. The molecule has 6 nitrogen and oxygen atoms in total. The Labute approximate surface area is 210 Å². The third kappa shape index (κ3) is 5.49. The van der Waals surface area contributed by atoms with Crippen LogP contribution in [0.25, 0.3) is 0 Å². The molecule has 1 fully saturated rings. The molecule has 2 aliphatic rings. The van der Waals surface area contributed by atoms with Crippen molar-refractivity contribution in [3.05, 3.63) is 59.2 Å². The zero-order valence-corrected chi connectivity index (χ0v) is 21.8. The van der Waals surface area contributed by atoms with Gasteiger partial charge in [0.1, 0.15) is 11.5 Å². The van der Waals surface area contributed by atoms with Crippen LogP contribution >= 0.6 is 0 Å². The number of phenolic OH excluding ortho intramolecular Hbond substituents is 2. The van der Waals surface area contributed by atoms with Gasteiger partial charge in [-0.05, 0) is 84.6 Å². The standard InChI is InChI=1S/C29H41N3O3/c1-19(2)26(30-28(35)27-14-21-9-10-25(34)13-22(21)17-31(27)5)18-32-12-11-29(4,20(3)16-32)23-7-6-8-24(33)15-23/h6-10,13,15,19-20,26-27,33-34H,11-12,14,16-18H2,1-5H3,(H,30,35)/t20-,26+,27?,29+/m0/s1. The first-order chi connectivity index (χ1) is 16.6. The van der Waals surface area contributed by atoms with Gasteiger partial charge < -0.3 is 20.4 Å². The van der Waals surface area contributed by atoms with Crippen molar-refractivity contribution < 1.29 is 15.0 Å². The first-order valence-electron chi connectivity index (χ1n) is 12.9. The molecule has 2 aromatic carbocycles. The van der Waals surface area contributed by atoms with Crippen LogP contribution in [0.5, 0.6) is 11.5 Å². The molecule has 6 heteroatoms. The van der Waals surface area contributed by atoms with Gasteiger partial charge in [-0.15, -0.1) is 0 Å². The first kappa shape index (κ1) is 25.5. The Hall–Kier alpha value is -2.57. The zero-order valence-electron chi connectivity index (χ0n) is 21.8. The van der Waals surface area contributed by atoms with Gasteiger partial charge in [-0.1, -0.05) is 45.9 Å². The molecule has 190 valence electrons. The van der Waals surface area contributed by atoms with Gasteiger partial charge in [0, 0.05) is 25.7 Å². The number of hydrogen-bond donors (Lipinski definition) is 3. The van der Waals surface area contributed by atoms with Crippen molar-refractivity contribution >= 4 is 5.91 Å². The third-order valence-electron chi connectivity index (χ3n) is 8.52. The van der Waals surface area contributed by atoms with E-state index in [1.807, 2.05) is 25.2 Å². The minimum atomic E-state index is -0.206. The molecule has 1 saturated heterocycles. The van der Waals surface area contributed by atoms with E-state index in [1.54, 1.807) is 18.2 Å². The summed E-state index contributed by atoms with van der Waals surface area (Å²) in [5.74, 6) is 1.44. The highest BCUT2D eigenvalue weighted by Crippen LogP contribution is 2.40. The third-order valence-corrected chi connectivity index (χ3v) is 8.52. The van der Waals surface area contributed by atoms with Crippen LogP contribution in [0.2, 0.25) is 0 Å². The number of likely N-dealkylation sites (N-methyl/N-ethyl adjacent to an activating group) is 1. The molecule has 2 heterocycles. The number of nitrogens with one attached hydrogen (secondary N) is 1. The Morgan fingerprint density at radius 3 is 2.57 bits per heavy atom. The number of carbonyl (C=O) groups is 1. The van der Waals surface area contributed by atoms with Crippen LogP contribution in [0, 0.1) is 11.8 Å². The van der Waals surface area contributed by atoms with E-state index in [0.717, 1.165) is 37.2 Å². The number of benzene rings is 2. The molecular weight excluding hydrogens is 438 g/mol. The van der Waals surface area contributed by atoms with Crippen molar-refractivity contribution in [1.29, 1.82) is 0 Å². The average Bonchev–Trinajstić information content (AvgIpc) is 2.80. The highest BCUT2D eigenvalue weighted by Gasteiger charge is 2.39. The second-order valence-electron chi connectivity index (χ2n) is 11.3. The molecule has 4 rings (SSSR count). The highest BCUT2D eigenvalue weighted by atomic mass is 16.3. The van der Waals surface area contributed by atoms with Gasteiger partial charge in [0.25, 0.3) is 0 Å². The van der Waals surface area contributed by atoms with Crippen LogP contribution in [0.1, 0.15) is 50.8 Å². The topological polar surface area (TPSA) is 76.0 Å². The molecule has 35 heavy (non-hydrogen) atoms. The van der Waals surface area contributed by atoms with E-state index in [4.69, 9.17) is 0 Å². The number of carbonyl (C=O) groups excluding carboxylic acids is 1. The SMILES string of the molecule is CC(C)[C@@H](CN1CC[C@@](C)(c2cccc(O)c2)[C@@H](C)C1)NC(=O)C1Cc2ccc(O)cc2CN1C. The van der Waals surface area contributed by atoms with E-state index in [-0.39, 0.29) is 29.2 Å². The number of fused-ring (bicyclic) bond motifs is 1. The molecule has 0 bridgehead atoms. The predicted octanol–water partition coefficient (Wildman–Crippen LogP) is 3.89. The molecule has 2 aromatic rings. The smallest absolute Gasteiger partial charge is 0.237 e. The van der Waals surface area contributed by atoms with E-state index >= 15 is 0 Å².